The molecule has 0 fully saturated rings. The first-order chi connectivity index (χ1) is 13.2. The van der Waals surface area contributed by atoms with E-state index in [2.05, 4.69) is 5.32 Å². The number of aryl methyl sites for hydroxylation is 1. The van der Waals surface area contributed by atoms with Gasteiger partial charge < -0.3 is 24.3 Å². The van der Waals surface area contributed by atoms with E-state index < -0.39 is 0 Å². The number of hydrogen-bond donors (Lipinski definition) is 1. The van der Waals surface area contributed by atoms with Crippen molar-refractivity contribution >= 4 is 11.6 Å². The van der Waals surface area contributed by atoms with E-state index in [1.54, 1.807) is 6.07 Å². The third-order valence-electron chi connectivity index (χ3n) is 4.07. The minimum absolute atomic E-state index is 0.0569. The zero-order valence-electron chi connectivity index (χ0n) is 15.7. The van der Waals surface area contributed by atoms with Crippen molar-refractivity contribution < 1.29 is 23.7 Å². The fourth-order valence-electron chi connectivity index (χ4n) is 2.85. The molecule has 0 aromatic heterocycles. The van der Waals surface area contributed by atoms with Crippen molar-refractivity contribution in [1.82, 2.24) is 0 Å². The van der Waals surface area contributed by atoms with E-state index in [4.69, 9.17) is 18.9 Å². The van der Waals surface area contributed by atoms with E-state index >= 15 is 0 Å². The summed E-state index contributed by atoms with van der Waals surface area (Å²) in [6, 6.07) is 11.2. The fraction of sp³-hybridized carbons (Fsp3) is 0.381. The largest absolute Gasteiger partial charge is 0.490 e. The second kappa shape index (κ2) is 9.16. The molecule has 0 spiro atoms. The lowest BCUT2D eigenvalue weighted by Gasteiger charge is -2.19. The van der Waals surface area contributed by atoms with E-state index in [9.17, 15) is 4.79 Å². The van der Waals surface area contributed by atoms with Crippen molar-refractivity contribution in [2.45, 2.75) is 26.7 Å². The van der Waals surface area contributed by atoms with E-state index in [1.165, 1.54) is 0 Å². The summed E-state index contributed by atoms with van der Waals surface area (Å²) in [4.78, 5) is 12.3. The first-order valence-electron chi connectivity index (χ1n) is 9.27. The smallest absolute Gasteiger partial charge is 0.224 e. The van der Waals surface area contributed by atoms with Crippen molar-refractivity contribution in [1.29, 1.82) is 0 Å². The Morgan fingerprint density at radius 3 is 2.48 bits per heavy atom. The number of rotatable bonds is 8. The summed E-state index contributed by atoms with van der Waals surface area (Å²) in [6.07, 6.45) is 0.983. The van der Waals surface area contributed by atoms with Crippen LogP contribution in [0.25, 0.3) is 0 Å². The molecule has 0 atom stereocenters. The van der Waals surface area contributed by atoms with Gasteiger partial charge in [-0.05, 0) is 50.1 Å². The van der Waals surface area contributed by atoms with Crippen LogP contribution in [-0.4, -0.2) is 32.3 Å². The SMILES string of the molecule is CCOc1ccc(CCC(=O)Nc2ccc3c(c2)OCCO3)cc1OCC. The molecule has 0 saturated heterocycles. The van der Waals surface area contributed by atoms with Crippen LogP contribution in [0.5, 0.6) is 23.0 Å². The second-order valence-electron chi connectivity index (χ2n) is 6.05. The number of carbonyl (C=O) groups is 1. The summed E-state index contributed by atoms with van der Waals surface area (Å²) in [5.74, 6) is 2.75. The standard InChI is InChI=1S/C21H25NO5/c1-3-24-17-8-5-15(13-19(17)25-4-2)6-10-21(23)22-16-7-9-18-20(14-16)27-12-11-26-18/h5,7-9,13-14H,3-4,6,10-12H2,1-2H3,(H,22,23). The molecular weight excluding hydrogens is 346 g/mol. The number of nitrogens with one attached hydrogen (secondary N) is 1. The molecule has 2 aromatic rings. The van der Waals surface area contributed by atoms with Crippen LogP contribution < -0.4 is 24.3 Å². The highest BCUT2D eigenvalue weighted by Crippen LogP contribution is 2.33. The predicted octanol–water partition coefficient (Wildman–Crippen LogP) is 3.83. The van der Waals surface area contributed by atoms with Crippen LogP contribution in [0.1, 0.15) is 25.8 Å². The van der Waals surface area contributed by atoms with Crippen molar-refractivity contribution in [2.24, 2.45) is 0 Å². The third-order valence-corrected chi connectivity index (χ3v) is 4.07. The van der Waals surface area contributed by atoms with Gasteiger partial charge in [0.1, 0.15) is 13.2 Å². The number of hydrogen-bond acceptors (Lipinski definition) is 5. The molecule has 144 valence electrons. The minimum atomic E-state index is -0.0569. The molecule has 1 aliphatic rings. The summed E-state index contributed by atoms with van der Waals surface area (Å²) in [5, 5.41) is 2.90. The Labute approximate surface area is 159 Å². The van der Waals surface area contributed by atoms with Crippen LogP contribution in [0.15, 0.2) is 36.4 Å². The van der Waals surface area contributed by atoms with Gasteiger partial charge in [-0.1, -0.05) is 6.07 Å². The van der Waals surface area contributed by atoms with Crippen LogP contribution in [0.4, 0.5) is 5.69 Å². The molecule has 3 rings (SSSR count). The third kappa shape index (κ3) is 5.06. The number of anilines is 1. The van der Waals surface area contributed by atoms with Gasteiger partial charge in [0.2, 0.25) is 5.91 Å². The first kappa shape index (κ1) is 18.9. The van der Waals surface area contributed by atoms with Crippen molar-refractivity contribution in [2.75, 3.05) is 31.7 Å². The molecule has 1 aliphatic heterocycles. The fourth-order valence-corrected chi connectivity index (χ4v) is 2.85. The number of carbonyl (C=O) groups excluding carboxylic acids is 1. The maximum absolute atomic E-state index is 12.3. The average Bonchev–Trinajstić information content (AvgIpc) is 2.68. The first-order valence-corrected chi connectivity index (χ1v) is 9.27. The normalized spacial score (nSPS) is 12.4. The van der Waals surface area contributed by atoms with E-state index in [0.29, 0.717) is 62.2 Å². The highest BCUT2D eigenvalue weighted by molar-refractivity contribution is 5.91. The summed E-state index contributed by atoms with van der Waals surface area (Å²) < 4.78 is 22.2. The maximum atomic E-state index is 12.3. The Hall–Kier alpha value is -2.89. The lowest BCUT2D eigenvalue weighted by atomic mass is 10.1. The van der Waals surface area contributed by atoms with Gasteiger partial charge in [0.05, 0.1) is 13.2 Å². The Bertz CT molecular complexity index is 790. The second-order valence-corrected chi connectivity index (χ2v) is 6.05. The van der Waals surface area contributed by atoms with Gasteiger partial charge in [-0.25, -0.2) is 0 Å². The summed E-state index contributed by atoms with van der Waals surface area (Å²) in [5.41, 5.74) is 1.73. The molecular formula is C21H25NO5. The molecule has 6 nitrogen and oxygen atoms in total. The van der Waals surface area contributed by atoms with Gasteiger partial charge in [-0.15, -0.1) is 0 Å². The molecule has 1 heterocycles. The quantitative estimate of drug-likeness (QED) is 0.764. The zero-order valence-corrected chi connectivity index (χ0v) is 15.7. The molecule has 2 aromatic carbocycles. The highest BCUT2D eigenvalue weighted by Gasteiger charge is 2.13. The average molecular weight is 371 g/mol. The molecule has 1 amide bonds. The molecule has 0 aliphatic carbocycles. The van der Waals surface area contributed by atoms with Gasteiger partial charge in [0.25, 0.3) is 0 Å². The van der Waals surface area contributed by atoms with Gasteiger partial charge >= 0.3 is 0 Å². The predicted molar refractivity (Wildman–Crippen MR) is 103 cm³/mol. The van der Waals surface area contributed by atoms with Crippen molar-refractivity contribution in [3.8, 4) is 23.0 Å². The topological polar surface area (TPSA) is 66.0 Å². The lowest BCUT2D eigenvalue weighted by molar-refractivity contribution is -0.116. The summed E-state index contributed by atoms with van der Waals surface area (Å²) in [6.45, 7) is 6.08. The van der Waals surface area contributed by atoms with Crippen LogP contribution in [-0.2, 0) is 11.2 Å². The summed E-state index contributed by atoms with van der Waals surface area (Å²) in [7, 11) is 0. The van der Waals surface area contributed by atoms with E-state index in [0.717, 1.165) is 11.3 Å². The minimum Gasteiger partial charge on any atom is -0.490 e. The molecule has 0 unspecified atom stereocenters. The Morgan fingerprint density at radius 2 is 1.70 bits per heavy atom. The monoisotopic (exact) mass is 371 g/mol. The van der Waals surface area contributed by atoms with Crippen LogP contribution in [0.3, 0.4) is 0 Å². The molecule has 0 bridgehead atoms. The number of ether oxygens (including phenoxy) is 4. The van der Waals surface area contributed by atoms with E-state index in [-0.39, 0.29) is 5.91 Å². The van der Waals surface area contributed by atoms with Crippen LogP contribution in [0, 0.1) is 0 Å². The number of benzene rings is 2. The number of fused-ring (bicyclic) bond motifs is 1. The zero-order chi connectivity index (χ0) is 19.1. The van der Waals surface area contributed by atoms with Crippen LogP contribution in [0.2, 0.25) is 0 Å². The molecule has 0 radical (unpaired) electrons. The molecule has 1 N–H and O–H groups in total. The Kier molecular flexibility index (Phi) is 6.41. The summed E-state index contributed by atoms with van der Waals surface area (Å²) >= 11 is 0. The van der Waals surface area contributed by atoms with Gasteiger partial charge in [0, 0.05) is 18.2 Å². The molecule has 0 saturated carbocycles. The lowest BCUT2D eigenvalue weighted by Crippen LogP contribution is -2.16. The van der Waals surface area contributed by atoms with Crippen LogP contribution >= 0.6 is 0 Å². The molecule has 6 heteroatoms. The van der Waals surface area contributed by atoms with Crippen molar-refractivity contribution in [3.63, 3.8) is 0 Å². The van der Waals surface area contributed by atoms with Gasteiger partial charge in [-0.3, -0.25) is 4.79 Å². The maximum Gasteiger partial charge on any atom is 0.224 e. The van der Waals surface area contributed by atoms with Gasteiger partial charge in [0.15, 0.2) is 23.0 Å². The molecule has 27 heavy (non-hydrogen) atoms. The van der Waals surface area contributed by atoms with Gasteiger partial charge in [-0.2, -0.15) is 0 Å². The highest BCUT2D eigenvalue weighted by atomic mass is 16.6. The number of amides is 1. The Balaban J connectivity index is 1.58. The van der Waals surface area contributed by atoms with Crippen molar-refractivity contribution in [3.05, 3.63) is 42.0 Å². The Morgan fingerprint density at radius 1 is 0.963 bits per heavy atom. The van der Waals surface area contributed by atoms with E-state index in [1.807, 2.05) is 44.2 Å².